The fourth-order valence-electron chi connectivity index (χ4n) is 3.58. The zero-order valence-electron chi connectivity index (χ0n) is 14.5. The lowest BCUT2D eigenvalue weighted by Crippen LogP contribution is -2.34. The lowest BCUT2D eigenvalue weighted by Gasteiger charge is -2.19. The van der Waals surface area contributed by atoms with Gasteiger partial charge in [-0.2, -0.15) is 5.26 Å². The van der Waals surface area contributed by atoms with E-state index in [2.05, 4.69) is 9.97 Å². The number of ether oxygens (including phenoxy) is 1. The Kier molecular flexibility index (Phi) is 4.26. The van der Waals surface area contributed by atoms with Crippen molar-refractivity contribution in [3.05, 3.63) is 53.9 Å². The Morgan fingerprint density at radius 3 is 2.85 bits per heavy atom. The molecule has 1 saturated carbocycles. The number of halogens is 1. The molecule has 0 saturated heterocycles. The molecule has 0 spiro atoms. The number of aryl methyl sites for hydroxylation is 1. The van der Waals surface area contributed by atoms with Gasteiger partial charge in [-0.1, -0.05) is 0 Å². The Hall–Kier alpha value is -3.02. The van der Waals surface area contributed by atoms with Gasteiger partial charge in [0.15, 0.2) is 0 Å². The molecule has 7 nitrogen and oxygen atoms in total. The molecular formula is C19H17FN4O3. The zero-order chi connectivity index (χ0) is 19.1. The monoisotopic (exact) mass is 368 g/mol. The van der Waals surface area contributed by atoms with E-state index in [0.29, 0.717) is 12.1 Å². The smallest absolute Gasteiger partial charge is 0.143 e. The SMILES string of the molecule is Cc1ncnc2c1ccn2[C@H]1C[C@@H](Oc2ccc(F)cc2C#N)C(O)C1O. The first-order valence-corrected chi connectivity index (χ1v) is 8.50. The molecule has 8 heteroatoms. The number of hydrogen-bond donors (Lipinski definition) is 2. The van der Waals surface area contributed by atoms with Crippen LogP contribution in [0.4, 0.5) is 4.39 Å². The number of nitriles is 1. The van der Waals surface area contributed by atoms with Crippen LogP contribution in [0.3, 0.4) is 0 Å². The number of fused-ring (bicyclic) bond motifs is 1. The van der Waals surface area contributed by atoms with Gasteiger partial charge in [-0.3, -0.25) is 0 Å². The van der Waals surface area contributed by atoms with Crippen molar-refractivity contribution in [2.75, 3.05) is 0 Å². The van der Waals surface area contributed by atoms with E-state index in [0.717, 1.165) is 17.1 Å². The van der Waals surface area contributed by atoms with Crippen LogP contribution in [0.5, 0.6) is 5.75 Å². The summed E-state index contributed by atoms with van der Waals surface area (Å²) >= 11 is 0. The van der Waals surface area contributed by atoms with Crippen molar-refractivity contribution in [2.45, 2.75) is 37.7 Å². The van der Waals surface area contributed by atoms with Gasteiger partial charge in [-0.15, -0.1) is 0 Å². The van der Waals surface area contributed by atoms with Crippen molar-refractivity contribution in [3.63, 3.8) is 0 Å². The van der Waals surface area contributed by atoms with Gasteiger partial charge in [0.2, 0.25) is 0 Å². The molecule has 0 aliphatic heterocycles. The number of hydrogen-bond acceptors (Lipinski definition) is 6. The summed E-state index contributed by atoms with van der Waals surface area (Å²) in [5.41, 5.74) is 1.53. The van der Waals surface area contributed by atoms with Crippen LogP contribution in [0.15, 0.2) is 36.8 Å². The number of aromatic nitrogens is 3. The summed E-state index contributed by atoms with van der Waals surface area (Å²) in [6.45, 7) is 1.87. The molecule has 138 valence electrons. The van der Waals surface area contributed by atoms with Crippen LogP contribution in [-0.2, 0) is 0 Å². The minimum Gasteiger partial charge on any atom is -0.486 e. The molecule has 1 aliphatic rings. The van der Waals surface area contributed by atoms with Gasteiger partial charge in [0.05, 0.1) is 17.3 Å². The van der Waals surface area contributed by atoms with Gasteiger partial charge in [0.1, 0.15) is 47.9 Å². The fourth-order valence-corrected chi connectivity index (χ4v) is 3.58. The van der Waals surface area contributed by atoms with Crippen LogP contribution >= 0.6 is 0 Å². The van der Waals surface area contributed by atoms with E-state index in [4.69, 9.17) is 10.00 Å². The topological polar surface area (TPSA) is 104 Å². The molecule has 2 unspecified atom stereocenters. The second kappa shape index (κ2) is 6.61. The first kappa shape index (κ1) is 17.4. The largest absolute Gasteiger partial charge is 0.486 e. The maximum atomic E-state index is 13.3. The Labute approximate surface area is 154 Å². The number of aliphatic hydroxyl groups excluding tert-OH is 2. The standard InChI is InChI=1S/C19H17FN4O3/c1-10-13-4-5-24(19(13)23-9-22-10)14-7-16(18(26)17(14)25)27-15-3-2-12(20)6-11(15)8-21/h2-6,9,14,16-18,25-26H,7H2,1H3/t14-,16+,17?,18?/m0/s1. The van der Waals surface area contributed by atoms with E-state index in [9.17, 15) is 14.6 Å². The van der Waals surface area contributed by atoms with Gasteiger partial charge in [0.25, 0.3) is 0 Å². The summed E-state index contributed by atoms with van der Waals surface area (Å²) < 4.78 is 20.9. The molecule has 1 fully saturated rings. The number of rotatable bonds is 3. The lowest BCUT2D eigenvalue weighted by atomic mass is 10.2. The highest BCUT2D eigenvalue weighted by Gasteiger charge is 2.44. The van der Waals surface area contributed by atoms with Gasteiger partial charge >= 0.3 is 0 Å². The molecule has 0 bridgehead atoms. The van der Waals surface area contributed by atoms with Crippen LogP contribution in [-0.4, -0.2) is 43.1 Å². The third kappa shape index (κ3) is 2.91. The third-order valence-electron chi connectivity index (χ3n) is 5.01. The summed E-state index contributed by atoms with van der Waals surface area (Å²) in [7, 11) is 0. The van der Waals surface area contributed by atoms with E-state index < -0.39 is 30.2 Å². The summed E-state index contributed by atoms with van der Waals surface area (Å²) in [4.78, 5) is 8.44. The first-order chi connectivity index (χ1) is 13.0. The molecule has 2 heterocycles. The second-order valence-electron chi connectivity index (χ2n) is 6.61. The van der Waals surface area contributed by atoms with Crippen molar-refractivity contribution in [1.29, 1.82) is 5.26 Å². The molecule has 1 aromatic carbocycles. The number of aliphatic hydroxyl groups is 2. The minimum absolute atomic E-state index is 0.0370. The molecule has 2 N–H and O–H groups in total. The highest BCUT2D eigenvalue weighted by molar-refractivity contribution is 5.78. The molecular weight excluding hydrogens is 351 g/mol. The zero-order valence-corrected chi connectivity index (χ0v) is 14.5. The van der Waals surface area contributed by atoms with Gasteiger partial charge in [-0.05, 0) is 31.2 Å². The van der Waals surface area contributed by atoms with Crippen LogP contribution in [0.2, 0.25) is 0 Å². The van der Waals surface area contributed by atoms with E-state index in [1.807, 2.05) is 19.1 Å². The van der Waals surface area contributed by atoms with Crippen molar-refractivity contribution < 1.29 is 19.3 Å². The summed E-state index contributed by atoms with van der Waals surface area (Å²) in [6, 6.07) is 6.89. The average molecular weight is 368 g/mol. The molecule has 27 heavy (non-hydrogen) atoms. The number of benzene rings is 1. The predicted molar refractivity (Wildman–Crippen MR) is 93.5 cm³/mol. The highest BCUT2D eigenvalue weighted by atomic mass is 19.1. The molecule has 2 aromatic heterocycles. The number of nitrogens with zero attached hydrogens (tertiary/aromatic N) is 4. The second-order valence-corrected chi connectivity index (χ2v) is 6.61. The molecule has 1 aliphatic carbocycles. The van der Waals surface area contributed by atoms with Crippen molar-refractivity contribution in [1.82, 2.24) is 14.5 Å². The van der Waals surface area contributed by atoms with Crippen LogP contribution < -0.4 is 4.74 Å². The van der Waals surface area contributed by atoms with Gasteiger partial charge in [0, 0.05) is 18.0 Å². The maximum Gasteiger partial charge on any atom is 0.143 e. The van der Waals surface area contributed by atoms with Crippen LogP contribution in [0.1, 0.15) is 23.7 Å². The Morgan fingerprint density at radius 1 is 1.26 bits per heavy atom. The predicted octanol–water partition coefficient (Wildman–Crippen LogP) is 1.86. The summed E-state index contributed by atoms with van der Waals surface area (Å²) in [6.07, 6.45) is 0.574. The van der Waals surface area contributed by atoms with Crippen molar-refractivity contribution in [3.8, 4) is 11.8 Å². The third-order valence-corrected chi connectivity index (χ3v) is 5.01. The molecule has 4 rings (SSSR count). The normalized spacial score (nSPS) is 24.9. The van der Waals surface area contributed by atoms with E-state index in [-0.39, 0.29) is 11.3 Å². The fraction of sp³-hybridized carbons (Fsp3) is 0.316. The van der Waals surface area contributed by atoms with Crippen molar-refractivity contribution >= 4 is 11.0 Å². The summed E-state index contributed by atoms with van der Waals surface area (Å²) in [5.74, 6) is -0.371. The first-order valence-electron chi connectivity index (χ1n) is 8.50. The van der Waals surface area contributed by atoms with Gasteiger partial charge in [-0.25, -0.2) is 14.4 Å². The molecule has 4 atom stereocenters. The Bertz CT molecular complexity index is 1050. The van der Waals surface area contributed by atoms with E-state index >= 15 is 0 Å². The van der Waals surface area contributed by atoms with Gasteiger partial charge < -0.3 is 19.5 Å². The maximum absolute atomic E-state index is 13.3. The minimum atomic E-state index is -1.16. The highest BCUT2D eigenvalue weighted by Crippen LogP contribution is 2.36. The van der Waals surface area contributed by atoms with Crippen molar-refractivity contribution in [2.24, 2.45) is 0 Å². The molecule has 0 amide bonds. The molecule has 3 aromatic rings. The van der Waals surface area contributed by atoms with E-state index in [1.165, 1.54) is 18.5 Å². The Morgan fingerprint density at radius 2 is 2.07 bits per heavy atom. The Balaban J connectivity index is 1.63. The quantitative estimate of drug-likeness (QED) is 0.731. The lowest BCUT2D eigenvalue weighted by molar-refractivity contribution is -0.0164. The summed E-state index contributed by atoms with van der Waals surface area (Å²) in [5, 5.41) is 31.0. The van der Waals surface area contributed by atoms with Crippen LogP contribution in [0, 0.1) is 24.1 Å². The van der Waals surface area contributed by atoms with E-state index in [1.54, 1.807) is 10.8 Å². The average Bonchev–Trinajstić information content (AvgIpc) is 3.20. The van der Waals surface area contributed by atoms with Crippen LogP contribution in [0.25, 0.3) is 11.0 Å². The molecule has 0 radical (unpaired) electrons.